The molecule has 6 aromatic rings. The molecule has 4 aromatic carbocycles. The van der Waals surface area contributed by atoms with Gasteiger partial charge in [0, 0.05) is 66.6 Å². The number of oxazole rings is 2. The molecule has 0 radical (unpaired) electrons. The number of aromatic nitrogens is 2. The van der Waals surface area contributed by atoms with Crippen molar-refractivity contribution >= 4 is 28.2 Å². The molecule has 0 amide bonds. The first-order valence-electron chi connectivity index (χ1n) is 19.8. The summed E-state index contributed by atoms with van der Waals surface area (Å²) in [4.78, 5) is 27.7. The summed E-state index contributed by atoms with van der Waals surface area (Å²) in [7, 11) is 0. The van der Waals surface area contributed by atoms with E-state index in [1.165, 1.54) is 12.1 Å². The quantitative estimate of drug-likeness (QED) is 0.1000. The number of fused-ring (bicyclic) bond motifs is 2. The number of hydrogen-bond donors (Lipinski definition) is 1. The average molecular weight is 816 g/mol. The monoisotopic (exact) mass is 815 g/mol. The number of likely N-dealkylation sites (N-methyl/N-ethyl adjacent to an activating group) is 1. The number of alkyl halides is 4. The SMILES string of the molecule is CCN(CC)C1CN(Cc2cc3nc(-c4cccc(-c5cccc(-c6nc7cc(CN8CCC[C@H]8C(=O)O)c(OC(F)F)cc7o6)c5C)c4C)oc3cc2OC(F)F)C1. The summed E-state index contributed by atoms with van der Waals surface area (Å²) in [5, 5.41) is 9.68. The van der Waals surface area contributed by atoms with Gasteiger partial charge in [0.1, 0.15) is 28.6 Å². The second kappa shape index (κ2) is 16.6. The molecule has 15 heteroatoms. The zero-order valence-electron chi connectivity index (χ0n) is 33.2. The third kappa shape index (κ3) is 8.10. The van der Waals surface area contributed by atoms with E-state index in [9.17, 15) is 27.5 Å². The topological polar surface area (TPSA) is 118 Å². The summed E-state index contributed by atoms with van der Waals surface area (Å²) in [5.74, 6) is -0.389. The van der Waals surface area contributed by atoms with E-state index in [-0.39, 0.29) is 29.5 Å². The number of hydrogen-bond acceptors (Lipinski definition) is 10. The molecule has 59 heavy (non-hydrogen) atoms. The van der Waals surface area contributed by atoms with Gasteiger partial charge in [0.2, 0.25) is 11.8 Å². The highest BCUT2D eigenvalue weighted by atomic mass is 19.3. The molecule has 2 aromatic heterocycles. The lowest BCUT2D eigenvalue weighted by Crippen LogP contribution is -2.58. The summed E-state index contributed by atoms with van der Waals surface area (Å²) < 4.78 is 76.4. The summed E-state index contributed by atoms with van der Waals surface area (Å²) in [6.45, 7) is 6.72. The molecule has 0 saturated carbocycles. The van der Waals surface area contributed by atoms with E-state index in [4.69, 9.17) is 28.3 Å². The van der Waals surface area contributed by atoms with Crippen molar-refractivity contribution in [3.63, 3.8) is 0 Å². The average Bonchev–Trinajstić information content (AvgIpc) is 3.93. The van der Waals surface area contributed by atoms with Gasteiger partial charge in [-0.1, -0.05) is 38.1 Å². The van der Waals surface area contributed by atoms with Crippen LogP contribution in [0.1, 0.15) is 48.9 Å². The standard InChI is InChI=1S/C44H45F4N5O6/c1-5-52(6-2)28-22-51(23-28)20-26-16-33-38(18-36(26)58-43(45)46)56-40(49-33)31-12-7-10-29(24(31)3)30-11-8-13-32(25(30)4)41-50-34-17-27(21-53-15-9-14-35(53)42(54)55)37(59-44(47)48)19-39(34)57-41/h7-8,10-13,16-19,28,35,43-44H,5-6,9,14-15,20-23H2,1-4H3,(H,54,55)/t35-/m0/s1. The Bertz CT molecular complexity index is 2500. The van der Waals surface area contributed by atoms with Gasteiger partial charge in [-0.2, -0.15) is 17.6 Å². The highest BCUT2D eigenvalue weighted by Gasteiger charge is 2.33. The highest BCUT2D eigenvalue weighted by molar-refractivity contribution is 5.85. The molecule has 2 aliphatic heterocycles. The van der Waals surface area contributed by atoms with Gasteiger partial charge in [-0.05, 0) is 92.8 Å². The van der Waals surface area contributed by atoms with Gasteiger partial charge in [-0.25, -0.2) is 9.97 Å². The molecule has 1 N–H and O–H groups in total. The Morgan fingerprint density at radius 3 is 1.76 bits per heavy atom. The minimum Gasteiger partial charge on any atom is -0.480 e. The summed E-state index contributed by atoms with van der Waals surface area (Å²) in [6, 6.07) is 17.5. The fourth-order valence-electron chi connectivity index (χ4n) is 8.60. The number of ether oxygens (including phenoxy) is 2. The Kier molecular flexibility index (Phi) is 11.3. The first-order chi connectivity index (χ1) is 28.4. The molecular formula is C44H45F4N5O6. The molecule has 1 atom stereocenters. The maximum Gasteiger partial charge on any atom is 0.387 e. The van der Waals surface area contributed by atoms with Crippen LogP contribution >= 0.6 is 0 Å². The van der Waals surface area contributed by atoms with Crippen LogP contribution in [-0.2, 0) is 17.9 Å². The van der Waals surface area contributed by atoms with Gasteiger partial charge in [0.25, 0.3) is 0 Å². The minimum atomic E-state index is -3.09. The molecule has 2 fully saturated rings. The van der Waals surface area contributed by atoms with E-state index in [1.807, 2.05) is 50.2 Å². The Hall–Kier alpha value is -5.51. The number of nitrogens with zero attached hydrogens (tertiary/aromatic N) is 5. The lowest BCUT2D eigenvalue weighted by atomic mass is 9.91. The Morgan fingerprint density at radius 2 is 1.29 bits per heavy atom. The molecule has 4 heterocycles. The summed E-state index contributed by atoms with van der Waals surface area (Å²) in [5.41, 5.74) is 7.39. The van der Waals surface area contributed by atoms with Crippen molar-refractivity contribution in [3.8, 4) is 45.5 Å². The van der Waals surface area contributed by atoms with Crippen LogP contribution in [0, 0.1) is 13.8 Å². The molecule has 310 valence electrons. The zero-order chi connectivity index (χ0) is 41.5. The van der Waals surface area contributed by atoms with Crippen LogP contribution in [0.15, 0.2) is 69.5 Å². The lowest BCUT2D eigenvalue weighted by Gasteiger charge is -2.45. The number of benzene rings is 4. The molecule has 0 aliphatic carbocycles. The third-order valence-electron chi connectivity index (χ3n) is 11.7. The molecular weight excluding hydrogens is 771 g/mol. The van der Waals surface area contributed by atoms with E-state index < -0.39 is 25.2 Å². The normalized spacial score (nSPS) is 16.6. The molecule has 0 spiro atoms. The van der Waals surface area contributed by atoms with Crippen molar-refractivity contribution in [1.29, 1.82) is 0 Å². The number of aliphatic carboxylic acids is 1. The second-order valence-electron chi connectivity index (χ2n) is 15.1. The van der Waals surface area contributed by atoms with Crippen LogP contribution in [0.5, 0.6) is 11.5 Å². The van der Waals surface area contributed by atoms with E-state index >= 15 is 0 Å². The van der Waals surface area contributed by atoms with Crippen LogP contribution in [0.2, 0.25) is 0 Å². The molecule has 0 unspecified atom stereocenters. The van der Waals surface area contributed by atoms with Gasteiger partial charge in [-0.15, -0.1) is 0 Å². The van der Waals surface area contributed by atoms with Crippen molar-refractivity contribution in [2.75, 3.05) is 32.7 Å². The van der Waals surface area contributed by atoms with E-state index in [0.29, 0.717) is 71.2 Å². The fourth-order valence-corrected chi connectivity index (χ4v) is 8.60. The minimum absolute atomic E-state index is 0.0611. The largest absolute Gasteiger partial charge is 0.480 e. The first-order valence-corrected chi connectivity index (χ1v) is 19.8. The molecule has 11 nitrogen and oxygen atoms in total. The number of carbonyl (C=O) groups is 1. The Balaban J connectivity index is 1.09. The lowest BCUT2D eigenvalue weighted by molar-refractivity contribution is -0.142. The smallest absolute Gasteiger partial charge is 0.387 e. The van der Waals surface area contributed by atoms with Gasteiger partial charge in [0.15, 0.2) is 11.2 Å². The van der Waals surface area contributed by atoms with Crippen molar-refractivity contribution in [3.05, 3.63) is 82.9 Å². The van der Waals surface area contributed by atoms with Crippen LogP contribution in [0.3, 0.4) is 0 Å². The summed E-state index contributed by atoms with van der Waals surface area (Å²) >= 11 is 0. The van der Waals surface area contributed by atoms with E-state index in [2.05, 4.69) is 23.6 Å². The molecule has 2 aliphatic rings. The zero-order valence-corrected chi connectivity index (χ0v) is 33.2. The fraction of sp³-hybridized carbons (Fsp3) is 0.386. The maximum absolute atomic E-state index is 13.6. The number of likely N-dealkylation sites (tertiary alicyclic amines) is 2. The van der Waals surface area contributed by atoms with Gasteiger partial charge in [0.05, 0.1) is 0 Å². The van der Waals surface area contributed by atoms with Crippen LogP contribution in [0.25, 0.3) is 56.2 Å². The maximum atomic E-state index is 13.6. The Morgan fingerprint density at radius 1 is 0.797 bits per heavy atom. The van der Waals surface area contributed by atoms with Crippen molar-refractivity contribution in [2.24, 2.45) is 0 Å². The highest BCUT2D eigenvalue weighted by Crippen LogP contribution is 2.40. The molecule has 2 saturated heterocycles. The van der Waals surface area contributed by atoms with E-state index in [1.54, 1.807) is 17.0 Å². The second-order valence-corrected chi connectivity index (χ2v) is 15.1. The first kappa shape index (κ1) is 40.3. The van der Waals surface area contributed by atoms with Crippen LogP contribution in [-0.4, -0.2) is 93.8 Å². The third-order valence-corrected chi connectivity index (χ3v) is 11.7. The predicted octanol–water partition coefficient (Wildman–Crippen LogP) is 9.36. The number of carboxylic acids is 1. The van der Waals surface area contributed by atoms with Crippen molar-refractivity contribution in [2.45, 2.75) is 78.9 Å². The Labute approximate surface area is 338 Å². The predicted molar refractivity (Wildman–Crippen MR) is 214 cm³/mol. The molecule has 8 rings (SSSR count). The van der Waals surface area contributed by atoms with E-state index in [0.717, 1.165) is 54.0 Å². The number of carboxylic acid groups (broad SMARTS) is 1. The number of rotatable bonds is 15. The van der Waals surface area contributed by atoms with Crippen molar-refractivity contribution < 1.29 is 45.8 Å². The van der Waals surface area contributed by atoms with Gasteiger partial charge < -0.3 is 23.4 Å². The van der Waals surface area contributed by atoms with Crippen LogP contribution in [0.4, 0.5) is 17.6 Å². The van der Waals surface area contributed by atoms with Gasteiger partial charge >= 0.3 is 19.2 Å². The number of halogens is 4. The van der Waals surface area contributed by atoms with Crippen LogP contribution < -0.4 is 9.47 Å². The summed E-state index contributed by atoms with van der Waals surface area (Å²) in [6.07, 6.45) is 1.16. The van der Waals surface area contributed by atoms with Gasteiger partial charge in [-0.3, -0.25) is 19.5 Å². The van der Waals surface area contributed by atoms with Crippen molar-refractivity contribution in [1.82, 2.24) is 24.7 Å². The molecule has 0 bridgehead atoms.